The smallest absolute Gasteiger partial charge is 0.229 e. The highest BCUT2D eigenvalue weighted by Gasteiger charge is 2.38. The van der Waals surface area contributed by atoms with E-state index < -0.39 is 35.0 Å². The van der Waals surface area contributed by atoms with Crippen molar-refractivity contribution in [3.63, 3.8) is 0 Å². The van der Waals surface area contributed by atoms with Crippen LogP contribution in [0.25, 0.3) is 0 Å². The van der Waals surface area contributed by atoms with Gasteiger partial charge < -0.3 is 10.2 Å². The van der Waals surface area contributed by atoms with Crippen LogP contribution in [0.3, 0.4) is 0 Å². The van der Waals surface area contributed by atoms with Gasteiger partial charge in [-0.3, -0.25) is 9.59 Å². The predicted molar refractivity (Wildman–Crippen MR) is 77.0 cm³/mol. The van der Waals surface area contributed by atoms with Crippen molar-refractivity contribution in [3.05, 3.63) is 29.6 Å². The van der Waals surface area contributed by atoms with Gasteiger partial charge in [0.25, 0.3) is 0 Å². The Hall–Kier alpha value is -2.05. The lowest BCUT2D eigenvalue weighted by Crippen LogP contribution is -2.35. The Bertz CT molecular complexity index is 644. The fourth-order valence-corrected chi connectivity index (χ4v) is 3.33. The van der Waals surface area contributed by atoms with Crippen LogP contribution in [-0.2, 0) is 9.59 Å². The van der Waals surface area contributed by atoms with E-state index in [2.05, 4.69) is 5.32 Å². The molecule has 2 aliphatic rings. The van der Waals surface area contributed by atoms with Crippen LogP contribution in [-0.4, -0.2) is 29.3 Å². The summed E-state index contributed by atoms with van der Waals surface area (Å²) in [7, 11) is 0. The Morgan fingerprint density at radius 3 is 2.52 bits per heavy atom. The second-order valence-corrected chi connectivity index (χ2v) is 6.10. The molecule has 0 radical (unpaired) electrons. The van der Waals surface area contributed by atoms with Gasteiger partial charge in [-0.25, -0.2) is 13.2 Å². The zero-order valence-electron chi connectivity index (χ0n) is 12.4. The second kappa shape index (κ2) is 6.22. The zero-order valence-corrected chi connectivity index (χ0v) is 12.4. The molecule has 1 aliphatic carbocycles. The molecule has 1 unspecified atom stereocenters. The van der Waals surface area contributed by atoms with E-state index in [4.69, 9.17) is 0 Å². The molecule has 1 aromatic carbocycles. The standard InChI is InChI=1S/C16H17F3N2O2/c17-11-5-6-12(15(19)14(11)18)20-16(23)9-7-13(22)21(8-9)10-3-1-2-4-10/h5-6,9-10H,1-4,7-8H2,(H,20,23). The van der Waals surface area contributed by atoms with Crippen LogP contribution in [0.15, 0.2) is 12.1 Å². The molecule has 23 heavy (non-hydrogen) atoms. The number of likely N-dealkylation sites (tertiary alicyclic amines) is 1. The van der Waals surface area contributed by atoms with E-state index in [0.717, 1.165) is 37.8 Å². The first kappa shape index (κ1) is 15.8. The number of amides is 2. The fraction of sp³-hybridized carbons (Fsp3) is 0.500. The third-order valence-corrected chi connectivity index (χ3v) is 4.59. The summed E-state index contributed by atoms with van der Waals surface area (Å²) in [6.07, 6.45) is 4.10. The Balaban J connectivity index is 1.67. The highest BCUT2D eigenvalue weighted by atomic mass is 19.2. The Labute approximate surface area is 131 Å². The predicted octanol–water partition coefficient (Wildman–Crippen LogP) is 2.83. The van der Waals surface area contributed by atoms with Gasteiger partial charge in [0.05, 0.1) is 11.6 Å². The maximum atomic E-state index is 13.6. The highest BCUT2D eigenvalue weighted by molar-refractivity contribution is 5.97. The largest absolute Gasteiger partial charge is 0.339 e. The molecular formula is C16H17F3N2O2. The van der Waals surface area contributed by atoms with E-state index in [1.165, 1.54) is 0 Å². The molecule has 1 aliphatic heterocycles. The van der Waals surface area contributed by atoms with Crippen molar-refractivity contribution in [2.24, 2.45) is 5.92 Å². The van der Waals surface area contributed by atoms with Crippen molar-refractivity contribution in [1.82, 2.24) is 4.90 Å². The van der Waals surface area contributed by atoms with Crippen LogP contribution < -0.4 is 5.32 Å². The van der Waals surface area contributed by atoms with E-state index in [1.54, 1.807) is 4.90 Å². The minimum Gasteiger partial charge on any atom is -0.339 e. The first-order valence-electron chi connectivity index (χ1n) is 7.71. The van der Waals surface area contributed by atoms with Gasteiger partial charge in [-0.2, -0.15) is 0 Å². The molecule has 1 aromatic rings. The summed E-state index contributed by atoms with van der Waals surface area (Å²) in [6, 6.07) is 1.90. The topological polar surface area (TPSA) is 49.4 Å². The van der Waals surface area contributed by atoms with E-state index in [1.807, 2.05) is 0 Å². The summed E-state index contributed by atoms with van der Waals surface area (Å²) < 4.78 is 39.7. The van der Waals surface area contributed by atoms with Crippen molar-refractivity contribution in [2.75, 3.05) is 11.9 Å². The van der Waals surface area contributed by atoms with E-state index in [9.17, 15) is 22.8 Å². The molecule has 4 nitrogen and oxygen atoms in total. The number of halogens is 3. The van der Waals surface area contributed by atoms with E-state index in [-0.39, 0.29) is 18.4 Å². The summed E-state index contributed by atoms with van der Waals surface area (Å²) in [6.45, 7) is 0.292. The number of nitrogens with one attached hydrogen (secondary N) is 1. The number of nitrogens with zero attached hydrogens (tertiary/aromatic N) is 1. The van der Waals surface area contributed by atoms with Gasteiger partial charge in [-0.05, 0) is 25.0 Å². The van der Waals surface area contributed by atoms with Gasteiger partial charge in [0.15, 0.2) is 17.5 Å². The monoisotopic (exact) mass is 326 g/mol. The Morgan fingerprint density at radius 2 is 1.83 bits per heavy atom. The molecule has 2 fully saturated rings. The molecule has 1 saturated heterocycles. The lowest BCUT2D eigenvalue weighted by Gasteiger charge is -2.23. The van der Waals surface area contributed by atoms with Gasteiger partial charge in [0.2, 0.25) is 11.8 Å². The van der Waals surface area contributed by atoms with E-state index in [0.29, 0.717) is 6.54 Å². The SMILES string of the molecule is O=C(Nc1ccc(F)c(F)c1F)C1CC(=O)N(C2CCCC2)C1. The summed E-state index contributed by atoms with van der Waals surface area (Å²) >= 11 is 0. The van der Waals surface area contributed by atoms with Crippen molar-refractivity contribution in [2.45, 2.75) is 38.1 Å². The third kappa shape index (κ3) is 3.04. The van der Waals surface area contributed by atoms with Gasteiger partial charge in [-0.1, -0.05) is 12.8 Å². The van der Waals surface area contributed by atoms with Crippen LogP contribution in [0.1, 0.15) is 32.1 Å². The van der Waals surface area contributed by atoms with Gasteiger partial charge in [-0.15, -0.1) is 0 Å². The molecule has 2 amide bonds. The third-order valence-electron chi connectivity index (χ3n) is 4.59. The molecule has 0 spiro atoms. The normalized spacial score (nSPS) is 22.0. The molecule has 124 valence electrons. The molecular weight excluding hydrogens is 309 g/mol. The van der Waals surface area contributed by atoms with Crippen LogP contribution in [0.5, 0.6) is 0 Å². The van der Waals surface area contributed by atoms with Crippen LogP contribution in [0, 0.1) is 23.4 Å². The second-order valence-electron chi connectivity index (χ2n) is 6.10. The summed E-state index contributed by atoms with van der Waals surface area (Å²) in [5.74, 6) is -5.61. The minimum absolute atomic E-state index is 0.0631. The fourth-order valence-electron chi connectivity index (χ4n) is 3.33. The average Bonchev–Trinajstić information content (AvgIpc) is 3.17. The Kier molecular flexibility index (Phi) is 4.28. The van der Waals surface area contributed by atoms with Crippen LogP contribution >= 0.6 is 0 Å². The quantitative estimate of drug-likeness (QED) is 0.869. The Morgan fingerprint density at radius 1 is 1.13 bits per heavy atom. The molecule has 3 rings (SSSR count). The first-order chi connectivity index (χ1) is 11.0. The number of hydrogen-bond acceptors (Lipinski definition) is 2. The lowest BCUT2D eigenvalue weighted by molar-refractivity contribution is -0.129. The summed E-state index contributed by atoms with van der Waals surface area (Å²) in [5, 5.41) is 2.25. The van der Waals surface area contributed by atoms with E-state index >= 15 is 0 Å². The number of rotatable bonds is 3. The zero-order chi connectivity index (χ0) is 16.6. The highest BCUT2D eigenvalue weighted by Crippen LogP contribution is 2.30. The van der Waals surface area contributed by atoms with Gasteiger partial charge in [0.1, 0.15) is 0 Å². The molecule has 1 saturated carbocycles. The number of benzene rings is 1. The molecule has 1 heterocycles. The number of carbonyl (C=O) groups excluding carboxylic acids is 2. The lowest BCUT2D eigenvalue weighted by atomic mass is 10.1. The van der Waals surface area contributed by atoms with Crippen LogP contribution in [0.4, 0.5) is 18.9 Å². The van der Waals surface area contributed by atoms with Gasteiger partial charge in [0, 0.05) is 19.0 Å². The summed E-state index contributed by atoms with van der Waals surface area (Å²) in [5.41, 5.74) is -0.416. The van der Waals surface area contributed by atoms with Gasteiger partial charge >= 0.3 is 0 Å². The average molecular weight is 326 g/mol. The molecule has 0 bridgehead atoms. The first-order valence-corrected chi connectivity index (χ1v) is 7.71. The van der Waals surface area contributed by atoms with Crippen LogP contribution in [0.2, 0.25) is 0 Å². The minimum atomic E-state index is -1.63. The number of anilines is 1. The maximum absolute atomic E-state index is 13.6. The summed E-state index contributed by atoms with van der Waals surface area (Å²) in [4.78, 5) is 26.0. The van der Waals surface area contributed by atoms with Crippen molar-refractivity contribution >= 4 is 17.5 Å². The molecule has 1 N–H and O–H groups in total. The van der Waals surface area contributed by atoms with Crippen molar-refractivity contribution < 1.29 is 22.8 Å². The number of hydrogen-bond donors (Lipinski definition) is 1. The molecule has 7 heteroatoms. The van der Waals surface area contributed by atoms with Crippen molar-refractivity contribution in [1.29, 1.82) is 0 Å². The molecule has 1 atom stereocenters. The molecule has 0 aromatic heterocycles. The van der Waals surface area contributed by atoms with Crippen molar-refractivity contribution in [3.8, 4) is 0 Å². The maximum Gasteiger partial charge on any atom is 0.229 e. The number of carbonyl (C=O) groups is 2.